The SMILES string of the molecule is c1ccc2c(c1)-c1ccccc1C21c2ccccc2-c2cc(Nc3cccc4c3-c3ccccc3C43c4ccccc4-c4ccccc43)ccc21. The summed E-state index contributed by atoms with van der Waals surface area (Å²) in [7, 11) is 0. The molecule has 0 aromatic heterocycles. The highest BCUT2D eigenvalue weighted by Crippen LogP contribution is 2.65. The lowest BCUT2D eigenvalue weighted by molar-refractivity contribution is 0.793. The van der Waals surface area contributed by atoms with Gasteiger partial charge in [0.1, 0.15) is 0 Å². The van der Waals surface area contributed by atoms with Crippen LogP contribution in [0.1, 0.15) is 44.5 Å². The highest BCUT2D eigenvalue weighted by molar-refractivity contribution is 6.00. The molecule has 236 valence electrons. The smallest absolute Gasteiger partial charge is 0.0726 e. The standard InChI is InChI=1S/C50H31N/c1-7-20-39-32(14-1)33-15-2-8-21-40(33)49(39)43-24-11-5-18-36(43)38-30-31(28-29-45(38)49)51-47-27-13-26-46-48(47)37-19-6-12-25-44(37)50(46)41-22-9-3-16-34(41)35-17-4-10-23-42(35)50/h1-30,51H. The Labute approximate surface area is 297 Å². The number of hydrogen-bond acceptors (Lipinski definition) is 1. The summed E-state index contributed by atoms with van der Waals surface area (Å²) in [5, 5.41) is 3.98. The van der Waals surface area contributed by atoms with Crippen molar-refractivity contribution in [3.63, 3.8) is 0 Å². The lowest BCUT2D eigenvalue weighted by Gasteiger charge is -2.30. The summed E-state index contributed by atoms with van der Waals surface area (Å²) in [6.07, 6.45) is 0. The fourth-order valence-corrected chi connectivity index (χ4v) is 10.6. The summed E-state index contributed by atoms with van der Waals surface area (Å²) < 4.78 is 0. The third-order valence-electron chi connectivity index (χ3n) is 12.3. The minimum absolute atomic E-state index is 0.333. The van der Waals surface area contributed by atoms with E-state index in [4.69, 9.17) is 0 Å². The normalized spacial score (nSPS) is 15.0. The van der Waals surface area contributed by atoms with Crippen molar-refractivity contribution in [3.8, 4) is 44.5 Å². The third kappa shape index (κ3) is 3.15. The number of anilines is 2. The molecule has 4 aliphatic rings. The van der Waals surface area contributed by atoms with Crippen LogP contribution in [0.2, 0.25) is 0 Å². The van der Waals surface area contributed by atoms with Gasteiger partial charge in [-0.1, -0.05) is 164 Å². The Balaban J connectivity index is 1.06. The van der Waals surface area contributed by atoms with Gasteiger partial charge in [-0.2, -0.15) is 0 Å². The van der Waals surface area contributed by atoms with Crippen LogP contribution in [-0.4, -0.2) is 0 Å². The summed E-state index contributed by atoms with van der Waals surface area (Å²) in [6.45, 7) is 0. The summed E-state index contributed by atoms with van der Waals surface area (Å²) in [5.74, 6) is 0. The van der Waals surface area contributed by atoms with E-state index >= 15 is 0 Å². The van der Waals surface area contributed by atoms with Crippen LogP contribution in [-0.2, 0) is 10.8 Å². The Bertz CT molecular complexity index is 2710. The average molecular weight is 646 g/mol. The summed E-state index contributed by atoms with van der Waals surface area (Å²) >= 11 is 0. The predicted molar refractivity (Wildman–Crippen MR) is 209 cm³/mol. The quantitative estimate of drug-likeness (QED) is 0.197. The average Bonchev–Trinajstić information content (AvgIpc) is 3.87. The van der Waals surface area contributed by atoms with Gasteiger partial charge in [0.2, 0.25) is 0 Å². The molecule has 12 rings (SSSR count). The van der Waals surface area contributed by atoms with Gasteiger partial charge in [-0.25, -0.2) is 0 Å². The van der Waals surface area contributed by atoms with E-state index in [1.807, 2.05) is 0 Å². The molecule has 8 aromatic rings. The number of benzene rings is 8. The van der Waals surface area contributed by atoms with Crippen LogP contribution in [0.4, 0.5) is 11.4 Å². The molecule has 0 amide bonds. The second kappa shape index (κ2) is 9.62. The summed E-state index contributed by atoms with van der Waals surface area (Å²) in [6, 6.07) is 68.1. The van der Waals surface area contributed by atoms with Crippen LogP contribution in [0.5, 0.6) is 0 Å². The lowest BCUT2D eigenvalue weighted by atomic mass is 9.70. The molecule has 0 saturated heterocycles. The number of fused-ring (bicyclic) bond motifs is 20. The zero-order valence-electron chi connectivity index (χ0n) is 27.8. The molecule has 2 spiro atoms. The Morgan fingerprint density at radius 1 is 0.275 bits per heavy atom. The highest BCUT2D eigenvalue weighted by Gasteiger charge is 2.53. The molecule has 8 aromatic carbocycles. The Hall–Kier alpha value is -6.44. The van der Waals surface area contributed by atoms with Crippen LogP contribution < -0.4 is 5.32 Å². The fourth-order valence-electron chi connectivity index (χ4n) is 10.6. The van der Waals surface area contributed by atoms with E-state index in [1.54, 1.807) is 0 Å². The van der Waals surface area contributed by atoms with E-state index in [0.29, 0.717) is 0 Å². The molecule has 0 unspecified atom stereocenters. The molecule has 1 N–H and O–H groups in total. The lowest BCUT2D eigenvalue weighted by Crippen LogP contribution is -2.25. The molecule has 1 heteroatoms. The molecule has 4 aliphatic carbocycles. The minimum Gasteiger partial charge on any atom is -0.355 e. The fraction of sp³-hybridized carbons (Fsp3) is 0.0400. The van der Waals surface area contributed by atoms with E-state index in [-0.39, 0.29) is 10.8 Å². The summed E-state index contributed by atoms with van der Waals surface area (Å²) in [5.41, 5.74) is 23.0. The van der Waals surface area contributed by atoms with Gasteiger partial charge in [0.25, 0.3) is 0 Å². The van der Waals surface area contributed by atoms with Gasteiger partial charge in [0.15, 0.2) is 0 Å². The highest BCUT2D eigenvalue weighted by atomic mass is 14.9. The van der Waals surface area contributed by atoms with Gasteiger partial charge in [0, 0.05) is 16.9 Å². The monoisotopic (exact) mass is 645 g/mol. The number of nitrogens with one attached hydrogen (secondary N) is 1. The second-order valence-electron chi connectivity index (χ2n) is 14.4. The van der Waals surface area contributed by atoms with Gasteiger partial charge >= 0.3 is 0 Å². The van der Waals surface area contributed by atoms with E-state index in [2.05, 4.69) is 187 Å². The maximum atomic E-state index is 3.98. The van der Waals surface area contributed by atoms with Crippen molar-refractivity contribution in [2.45, 2.75) is 10.8 Å². The molecule has 0 saturated carbocycles. The molecule has 1 nitrogen and oxygen atoms in total. The zero-order chi connectivity index (χ0) is 33.3. The molecular weight excluding hydrogens is 615 g/mol. The molecule has 0 bridgehead atoms. The van der Waals surface area contributed by atoms with Crippen LogP contribution >= 0.6 is 0 Å². The van der Waals surface area contributed by atoms with Gasteiger partial charge in [-0.05, 0) is 102 Å². The van der Waals surface area contributed by atoms with Crippen LogP contribution in [0.15, 0.2) is 182 Å². The first-order valence-electron chi connectivity index (χ1n) is 17.9. The molecule has 0 heterocycles. The summed E-state index contributed by atoms with van der Waals surface area (Å²) in [4.78, 5) is 0. The molecule has 51 heavy (non-hydrogen) atoms. The minimum atomic E-state index is -0.358. The zero-order valence-corrected chi connectivity index (χ0v) is 27.8. The van der Waals surface area contributed by atoms with Gasteiger partial charge in [-0.3, -0.25) is 0 Å². The van der Waals surface area contributed by atoms with Gasteiger partial charge in [-0.15, -0.1) is 0 Å². The van der Waals surface area contributed by atoms with Crippen molar-refractivity contribution in [1.29, 1.82) is 0 Å². The van der Waals surface area contributed by atoms with Crippen molar-refractivity contribution < 1.29 is 0 Å². The first-order valence-corrected chi connectivity index (χ1v) is 17.9. The van der Waals surface area contributed by atoms with Crippen LogP contribution in [0.3, 0.4) is 0 Å². The first kappa shape index (κ1) is 27.4. The first-order chi connectivity index (χ1) is 25.3. The Morgan fingerprint density at radius 2 is 0.627 bits per heavy atom. The molecule has 0 atom stereocenters. The van der Waals surface area contributed by atoms with E-state index in [9.17, 15) is 0 Å². The van der Waals surface area contributed by atoms with Crippen molar-refractivity contribution in [3.05, 3.63) is 226 Å². The van der Waals surface area contributed by atoms with E-state index in [1.165, 1.54) is 89.0 Å². The maximum absolute atomic E-state index is 3.98. The number of hydrogen-bond donors (Lipinski definition) is 1. The topological polar surface area (TPSA) is 12.0 Å². The Kier molecular flexibility index (Phi) is 5.17. The molecule has 0 radical (unpaired) electrons. The van der Waals surface area contributed by atoms with Crippen molar-refractivity contribution in [2.24, 2.45) is 0 Å². The predicted octanol–water partition coefficient (Wildman–Crippen LogP) is 12.1. The van der Waals surface area contributed by atoms with Crippen LogP contribution in [0.25, 0.3) is 44.5 Å². The van der Waals surface area contributed by atoms with Crippen molar-refractivity contribution >= 4 is 11.4 Å². The van der Waals surface area contributed by atoms with Crippen molar-refractivity contribution in [2.75, 3.05) is 5.32 Å². The maximum Gasteiger partial charge on any atom is 0.0726 e. The largest absolute Gasteiger partial charge is 0.355 e. The van der Waals surface area contributed by atoms with Crippen molar-refractivity contribution in [1.82, 2.24) is 0 Å². The second-order valence-corrected chi connectivity index (χ2v) is 14.4. The Morgan fingerprint density at radius 3 is 1.12 bits per heavy atom. The van der Waals surface area contributed by atoms with Gasteiger partial charge < -0.3 is 5.32 Å². The number of rotatable bonds is 2. The molecule has 0 fully saturated rings. The molecular formula is C50H31N. The van der Waals surface area contributed by atoms with E-state index < -0.39 is 0 Å². The van der Waals surface area contributed by atoms with E-state index in [0.717, 1.165) is 11.4 Å². The van der Waals surface area contributed by atoms with Crippen LogP contribution in [0, 0.1) is 0 Å². The molecule has 0 aliphatic heterocycles. The third-order valence-corrected chi connectivity index (χ3v) is 12.3. The van der Waals surface area contributed by atoms with Gasteiger partial charge in [0.05, 0.1) is 10.8 Å².